The first-order valence-electron chi connectivity index (χ1n) is 4.04. The lowest BCUT2D eigenvalue weighted by Crippen LogP contribution is -2.41. The highest BCUT2D eigenvalue weighted by atomic mass is 16.5. The summed E-state index contributed by atoms with van der Waals surface area (Å²) in [5, 5.41) is 0. The SMILES string of the molecule is O=C1CO[C@H]1Cc1ccccc1. The van der Waals surface area contributed by atoms with Crippen molar-refractivity contribution in [1.29, 1.82) is 0 Å². The van der Waals surface area contributed by atoms with Crippen molar-refractivity contribution in [2.45, 2.75) is 12.5 Å². The van der Waals surface area contributed by atoms with Crippen LogP contribution >= 0.6 is 0 Å². The number of benzene rings is 1. The second-order valence-corrected chi connectivity index (χ2v) is 2.96. The summed E-state index contributed by atoms with van der Waals surface area (Å²) in [5.74, 6) is 0.221. The van der Waals surface area contributed by atoms with E-state index in [0.717, 1.165) is 12.0 Å². The molecule has 1 atom stereocenters. The van der Waals surface area contributed by atoms with E-state index in [1.165, 1.54) is 0 Å². The fourth-order valence-electron chi connectivity index (χ4n) is 1.27. The van der Waals surface area contributed by atoms with Crippen LogP contribution in [0.15, 0.2) is 30.3 Å². The highest BCUT2D eigenvalue weighted by Gasteiger charge is 2.28. The van der Waals surface area contributed by atoms with E-state index in [1.807, 2.05) is 30.3 Å². The van der Waals surface area contributed by atoms with Gasteiger partial charge >= 0.3 is 0 Å². The monoisotopic (exact) mass is 162 g/mol. The summed E-state index contributed by atoms with van der Waals surface area (Å²) in [7, 11) is 0. The van der Waals surface area contributed by atoms with Gasteiger partial charge < -0.3 is 4.74 Å². The van der Waals surface area contributed by atoms with Crippen molar-refractivity contribution in [3.05, 3.63) is 35.9 Å². The molecule has 62 valence electrons. The molecule has 1 aromatic rings. The van der Waals surface area contributed by atoms with Crippen LogP contribution in [0.25, 0.3) is 0 Å². The quantitative estimate of drug-likeness (QED) is 0.653. The van der Waals surface area contributed by atoms with Gasteiger partial charge in [-0.3, -0.25) is 4.79 Å². The van der Waals surface area contributed by atoms with E-state index in [-0.39, 0.29) is 11.9 Å². The van der Waals surface area contributed by atoms with Crippen molar-refractivity contribution >= 4 is 5.78 Å². The maximum atomic E-state index is 10.9. The number of hydrogen-bond acceptors (Lipinski definition) is 2. The largest absolute Gasteiger partial charge is 0.362 e. The Morgan fingerprint density at radius 2 is 2.08 bits per heavy atom. The third kappa shape index (κ3) is 1.38. The van der Waals surface area contributed by atoms with Crippen LogP contribution in [0.5, 0.6) is 0 Å². The van der Waals surface area contributed by atoms with E-state index in [4.69, 9.17) is 4.74 Å². The van der Waals surface area contributed by atoms with Gasteiger partial charge in [-0.15, -0.1) is 0 Å². The summed E-state index contributed by atoms with van der Waals surface area (Å²) in [6.07, 6.45) is 0.548. The molecule has 0 radical (unpaired) electrons. The Morgan fingerprint density at radius 1 is 1.33 bits per heavy atom. The number of carbonyl (C=O) groups is 1. The summed E-state index contributed by atoms with van der Waals surface area (Å²) >= 11 is 0. The van der Waals surface area contributed by atoms with Crippen LogP contribution in [0.4, 0.5) is 0 Å². The van der Waals surface area contributed by atoms with Gasteiger partial charge in [0.15, 0.2) is 5.78 Å². The number of hydrogen-bond donors (Lipinski definition) is 0. The Labute approximate surface area is 71.2 Å². The van der Waals surface area contributed by atoms with Crippen LogP contribution in [-0.4, -0.2) is 18.5 Å². The van der Waals surface area contributed by atoms with Crippen LogP contribution in [0.2, 0.25) is 0 Å². The smallest absolute Gasteiger partial charge is 0.187 e. The Hall–Kier alpha value is -1.15. The molecule has 0 saturated carbocycles. The Kier molecular flexibility index (Phi) is 1.92. The minimum Gasteiger partial charge on any atom is -0.362 e. The molecule has 2 nitrogen and oxygen atoms in total. The zero-order chi connectivity index (χ0) is 8.39. The topological polar surface area (TPSA) is 26.3 Å². The molecule has 2 rings (SSSR count). The molecule has 1 aliphatic heterocycles. The maximum Gasteiger partial charge on any atom is 0.187 e. The van der Waals surface area contributed by atoms with Gasteiger partial charge in [-0.05, 0) is 5.56 Å². The van der Waals surface area contributed by atoms with Gasteiger partial charge in [0.2, 0.25) is 0 Å². The van der Waals surface area contributed by atoms with Crippen molar-refractivity contribution in [2.75, 3.05) is 6.61 Å². The molecule has 1 saturated heterocycles. The zero-order valence-electron chi connectivity index (χ0n) is 6.69. The normalized spacial score (nSPS) is 22.0. The van der Waals surface area contributed by atoms with Crippen molar-refractivity contribution in [3.63, 3.8) is 0 Å². The second-order valence-electron chi connectivity index (χ2n) is 2.96. The van der Waals surface area contributed by atoms with E-state index in [1.54, 1.807) is 0 Å². The molecular weight excluding hydrogens is 152 g/mol. The average Bonchev–Trinajstić information content (AvgIpc) is 2.14. The molecule has 0 N–H and O–H groups in total. The first-order chi connectivity index (χ1) is 5.86. The van der Waals surface area contributed by atoms with Crippen LogP contribution in [0, 0.1) is 0 Å². The third-order valence-electron chi connectivity index (χ3n) is 2.05. The molecule has 0 unspecified atom stereocenters. The number of ketones is 1. The molecule has 0 amide bonds. The minimum absolute atomic E-state index is 0.174. The van der Waals surface area contributed by atoms with Crippen molar-refractivity contribution in [3.8, 4) is 0 Å². The Balaban J connectivity index is 2.00. The molecule has 12 heavy (non-hydrogen) atoms. The molecule has 0 aliphatic carbocycles. The van der Waals surface area contributed by atoms with Gasteiger partial charge in [-0.2, -0.15) is 0 Å². The summed E-state index contributed by atoms with van der Waals surface area (Å²) in [6.45, 7) is 0.303. The number of ether oxygens (including phenoxy) is 1. The van der Waals surface area contributed by atoms with Crippen LogP contribution in [0.1, 0.15) is 5.56 Å². The summed E-state index contributed by atoms with van der Waals surface area (Å²) in [6, 6.07) is 9.92. The molecule has 1 aromatic carbocycles. The Morgan fingerprint density at radius 3 is 2.58 bits per heavy atom. The fraction of sp³-hybridized carbons (Fsp3) is 0.300. The predicted octanol–water partition coefficient (Wildman–Crippen LogP) is 1.20. The van der Waals surface area contributed by atoms with Crippen molar-refractivity contribution < 1.29 is 9.53 Å². The lowest BCUT2D eigenvalue weighted by molar-refractivity contribution is -0.153. The number of carbonyl (C=O) groups excluding carboxylic acids is 1. The van der Waals surface area contributed by atoms with Crippen LogP contribution < -0.4 is 0 Å². The lowest BCUT2D eigenvalue weighted by atomic mass is 10.0. The van der Waals surface area contributed by atoms with E-state index in [2.05, 4.69) is 0 Å². The van der Waals surface area contributed by atoms with Gasteiger partial charge in [0.25, 0.3) is 0 Å². The van der Waals surface area contributed by atoms with E-state index in [0.29, 0.717) is 6.61 Å². The van der Waals surface area contributed by atoms with Gasteiger partial charge in [0.05, 0.1) is 0 Å². The average molecular weight is 162 g/mol. The minimum atomic E-state index is -0.174. The highest BCUT2D eigenvalue weighted by Crippen LogP contribution is 2.13. The van der Waals surface area contributed by atoms with Gasteiger partial charge in [-0.1, -0.05) is 30.3 Å². The van der Waals surface area contributed by atoms with Gasteiger partial charge in [0.1, 0.15) is 12.7 Å². The molecule has 1 fully saturated rings. The zero-order valence-corrected chi connectivity index (χ0v) is 6.69. The molecule has 1 aliphatic rings. The van der Waals surface area contributed by atoms with Crippen LogP contribution in [0.3, 0.4) is 0 Å². The summed E-state index contributed by atoms with van der Waals surface area (Å²) < 4.78 is 5.10. The maximum absolute atomic E-state index is 10.9. The summed E-state index contributed by atoms with van der Waals surface area (Å²) in [4.78, 5) is 10.9. The molecule has 0 spiro atoms. The standard InChI is InChI=1S/C10H10O2/c11-9-7-12-10(9)6-8-4-2-1-3-5-8/h1-5,10H,6-7H2/t10-/m0/s1. The van der Waals surface area contributed by atoms with Gasteiger partial charge in [-0.25, -0.2) is 0 Å². The van der Waals surface area contributed by atoms with Gasteiger partial charge in [0, 0.05) is 6.42 Å². The Bertz CT molecular complexity index is 279. The van der Waals surface area contributed by atoms with E-state index < -0.39 is 0 Å². The third-order valence-corrected chi connectivity index (χ3v) is 2.05. The lowest BCUT2D eigenvalue weighted by Gasteiger charge is -2.24. The first kappa shape index (κ1) is 7.50. The van der Waals surface area contributed by atoms with E-state index in [9.17, 15) is 4.79 Å². The fourth-order valence-corrected chi connectivity index (χ4v) is 1.27. The van der Waals surface area contributed by atoms with Crippen LogP contribution in [-0.2, 0) is 16.0 Å². The number of Topliss-reactive ketones (excluding diaryl/α,β-unsaturated/α-hetero) is 1. The molecule has 0 aromatic heterocycles. The first-order valence-corrected chi connectivity index (χ1v) is 4.04. The summed E-state index contributed by atoms with van der Waals surface area (Å²) in [5.41, 5.74) is 1.16. The molecule has 1 heterocycles. The molecule has 0 bridgehead atoms. The molecular formula is C10H10O2. The van der Waals surface area contributed by atoms with Crippen molar-refractivity contribution in [2.24, 2.45) is 0 Å². The highest BCUT2D eigenvalue weighted by molar-refractivity contribution is 5.88. The van der Waals surface area contributed by atoms with Crippen molar-refractivity contribution in [1.82, 2.24) is 0 Å². The second kappa shape index (κ2) is 3.07. The predicted molar refractivity (Wildman–Crippen MR) is 44.9 cm³/mol. The van der Waals surface area contributed by atoms with E-state index >= 15 is 0 Å². The molecule has 2 heteroatoms. The number of rotatable bonds is 2.